The van der Waals surface area contributed by atoms with Gasteiger partial charge in [0.25, 0.3) is 5.91 Å². The van der Waals surface area contributed by atoms with E-state index in [9.17, 15) is 14.7 Å². The Bertz CT molecular complexity index is 1580. The number of benzene rings is 3. The standard InChI is InChI=1S/C35H34N2O4/c1-37-28-14-11-24-10-12-25(32-31(24)35-26(29(37)18-27(28)35)13-15-30(39)33(35)41-32)34(40)36-17-16-20-2-6-22(7-3-20)23-8-4-21(19-38)5-9-23/h2-10,12-13,15,19,26-30,33,39H,11,14,16-18H2,1H3,(H,36,40)/t26?,27?,28?,29-,30?,33?,35?/m1/s1. The fourth-order valence-electron chi connectivity index (χ4n) is 9.04. The predicted octanol–water partition coefficient (Wildman–Crippen LogP) is 4.33. The van der Waals surface area contributed by atoms with Gasteiger partial charge in [-0.3, -0.25) is 14.5 Å². The Hall–Kier alpha value is -3.74. The number of aliphatic hydroxyl groups is 1. The summed E-state index contributed by atoms with van der Waals surface area (Å²) >= 11 is 0. The third-order valence-corrected chi connectivity index (χ3v) is 10.8. The van der Waals surface area contributed by atoms with Crippen LogP contribution in [-0.2, 0) is 18.3 Å². The van der Waals surface area contributed by atoms with Crippen molar-refractivity contribution in [3.8, 4) is 16.9 Å². The van der Waals surface area contributed by atoms with Gasteiger partial charge in [0.1, 0.15) is 24.2 Å². The minimum absolute atomic E-state index is 0.121. The normalized spacial score (nSPS) is 31.9. The molecule has 2 N–H and O–H groups in total. The molecule has 6 heteroatoms. The molecule has 2 heterocycles. The van der Waals surface area contributed by atoms with Crippen LogP contribution in [0.1, 0.15) is 50.2 Å². The van der Waals surface area contributed by atoms with Crippen molar-refractivity contribution >= 4 is 12.2 Å². The van der Waals surface area contributed by atoms with E-state index >= 15 is 0 Å². The average molecular weight is 547 g/mol. The summed E-state index contributed by atoms with van der Waals surface area (Å²) in [6, 6.07) is 20.9. The fourth-order valence-corrected chi connectivity index (χ4v) is 9.04. The van der Waals surface area contributed by atoms with E-state index in [0.29, 0.717) is 53.8 Å². The van der Waals surface area contributed by atoms with Gasteiger partial charge in [0.05, 0.1) is 11.0 Å². The van der Waals surface area contributed by atoms with Gasteiger partial charge in [0.2, 0.25) is 0 Å². The Labute approximate surface area is 240 Å². The molecular formula is C35H34N2O4. The maximum absolute atomic E-state index is 13.6. The molecule has 3 aliphatic carbocycles. The van der Waals surface area contributed by atoms with Gasteiger partial charge in [-0.1, -0.05) is 66.7 Å². The van der Waals surface area contributed by atoms with Crippen LogP contribution < -0.4 is 10.1 Å². The Morgan fingerprint density at radius 3 is 2.56 bits per heavy atom. The number of carbonyl (C=O) groups is 2. The molecule has 3 aromatic rings. The molecule has 41 heavy (non-hydrogen) atoms. The van der Waals surface area contributed by atoms with E-state index in [0.717, 1.165) is 42.2 Å². The van der Waals surface area contributed by atoms with Crippen molar-refractivity contribution < 1.29 is 19.4 Å². The van der Waals surface area contributed by atoms with E-state index in [-0.39, 0.29) is 17.4 Å². The highest BCUT2D eigenvalue weighted by atomic mass is 16.5. The first-order valence-electron chi connectivity index (χ1n) is 14.8. The largest absolute Gasteiger partial charge is 0.485 e. The van der Waals surface area contributed by atoms with Gasteiger partial charge in [-0.05, 0) is 67.0 Å². The molecule has 5 aliphatic rings. The molecule has 2 fully saturated rings. The summed E-state index contributed by atoms with van der Waals surface area (Å²) in [6.07, 6.45) is 7.93. The van der Waals surface area contributed by atoms with Crippen molar-refractivity contribution in [3.63, 3.8) is 0 Å². The Morgan fingerprint density at radius 2 is 1.80 bits per heavy atom. The van der Waals surface area contributed by atoms with E-state index in [1.807, 2.05) is 36.4 Å². The predicted molar refractivity (Wildman–Crippen MR) is 156 cm³/mol. The van der Waals surface area contributed by atoms with Gasteiger partial charge in [-0.15, -0.1) is 0 Å². The van der Waals surface area contributed by atoms with Crippen LogP contribution in [-0.4, -0.2) is 60.1 Å². The van der Waals surface area contributed by atoms with Crippen LogP contribution in [0.4, 0.5) is 0 Å². The summed E-state index contributed by atoms with van der Waals surface area (Å²) in [5.41, 5.74) is 6.79. The summed E-state index contributed by atoms with van der Waals surface area (Å²) in [6.45, 7) is 0.516. The second kappa shape index (κ2) is 9.13. The van der Waals surface area contributed by atoms with Crippen molar-refractivity contribution in [2.75, 3.05) is 13.6 Å². The number of hydrogen-bond donors (Lipinski definition) is 2. The second-order valence-corrected chi connectivity index (χ2v) is 12.5. The number of aryl methyl sites for hydroxylation is 1. The third kappa shape index (κ3) is 3.44. The van der Waals surface area contributed by atoms with Crippen molar-refractivity contribution in [1.82, 2.24) is 10.2 Å². The summed E-state index contributed by atoms with van der Waals surface area (Å²) in [5.74, 6) is 1.31. The van der Waals surface area contributed by atoms with Crippen molar-refractivity contribution in [2.45, 2.75) is 55.4 Å². The lowest BCUT2D eigenvalue weighted by Gasteiger charge is -2.51. The Balaban J connectivity index is 1.03. The first kappa shape index (κ1) is 25.0. The van der Waals surface area contributed by atoms with Gasteiger partial charge >= 0.3 is 0 Å². The lowest BCUT2D eigenvalue weighted by Crippen LogP contribution is -2.62. The molecule has 2 aliphatic heterocycles. The SMILES string of the molecule is CN1C2CCc3ccc(C(=O)NCCc4ccc(-c5ccc(C=O)cc5)cc4)c4c3C35C2C[C@@H]1C3C=CC(O)C5O4. The number of amides is 1. The van der Waals surface area contributed by atoms with Crippen LogP contribution in [0.5, 0.6) is 5.75 Å². The first-order valence-corrected chi connectivity index (χ1v) is 14.8. The van der Waals surface area contributed by atoms with Crippen LogP contribution in [0, 0.1) is 11.8 Å². The zero-order valence-electron chi connectivity index (χ0n) is 23.1. The highest BCUT2D eigenvalue weighted by Gasteiger charge is 2.73. The minimum Gasteiger partial charge on any atom is -0.485 e. The van der Waals surface area contributed by atoms with E-state index in [1.54, 1.807) is 0 Å². The number of hydrogen-bond acceptors (Lipinski definition) is 5. The fraction of sp³-hybridized carbons (Fsp3) is 0.371. The monoisotopic (exact) mass is 546 g/mol. The molecule has 6 nitrogen and oxygen atoms in total. The molecule has 2 bridgehead atoms. The number of nitrogens with zero attached hydrogens (tertiary/aromatic N) is 1. The Morgan fingerprint density at radius 1 is 1.05 bits per heavy atom. The maximum Gasteiger partial charge on any atom is 0.255 e. The van der Waals surface area contributed by atoms with Crippen LogP contribution >= 0.6 is 0 Å². The molecule has 1 saturated carbocycles. The first-order chi connectivity index (χ1) is 20.0. The molecule has 8 rings (SSSR count). The number of likely N-dealkylation sites (tertiary alicyclic amines) is 1. The molecule has 6 unspecified atom stereocenters. The molecule has 0 aromatic heterocycles. The molecule has 3 aromatic carbocycles. The number of piperidine rings is 1. The molecule has 208 valence electrons. The molecule has 0 radical (unpaired) electrons. The van der Waals surface area contributed by atoms with E-state index in [4.69, 9.17) is 4.74 Å². The maximum atomic E-state index is 13.6. The van der Waals surface area contributed by atoms with Gasteiger partial charge in [0, 0.05) is 35.7 Å². The van der Waals surface area contributed by atoms with Gasteiger partial charge in [-0.2, -0.15) is 0 Å². The molecule has 7 atom stereocenters. The highest BCUT2D eigenvalue weighted by Crippen LogP contribution is 2.68. The summed E-state index contributed by atoms with van der Waals surface area (Å²) in [7, 11) is 2.27. The van der Waals surface area contributed by atoms with Crippen molar-refractivity contribution in [2.24, 2.45) is 11.8 Å². The van der Waals surface area contributed by atoms with Crippen LogP contribution in [0.3, 0.4) is 0 Å². The molecular weight excluding hydrogens is 512 g/mol. The zero-order valence-corrected chi connectivity index (χ0v) is 23.1. The van der Waals surface area contributed by atoms with E-state index in [2.05, 4.69) is 53.7 Å². The lowest BCUT2D eigenvalue weighted by atomic mass is 9.58. The number of aldehydes is 1. The smallest absolute Gasteiger partial charge is 0.255 e. The van der Waals surface area contributed by atoms with Gasteiger partial charge < -0.3 is 15.2 Å². The number of aliphatic hydroxyl groups excluding tert-OH is 1. The summed E-state index contributed by atoms with van der Waals surface area (Å²) in [4.78, 5) is 27.1. The number of nitrogens with one attached hydrogen (secondary N) is 1. The Kier molecular flexibility index (Phi) is 5.57. The number of ether oxygens (including phenoxy) is 1. The lowest BCUT2D eigenvalue weighted by molar-refractivity contribution is -0.0411. The quantitative estimate of drug-likeness (QED) is 0.356. The van der Waals surface area contributed by atoms with Crippen LogP contribution in [0.15, 0.2) is 72.8 Å². The van der Waals surface area contributed by atoms with E-state index in [1.165, 1.54) is 11.1 Å². The average Bonchev–Trinajstić information content (AvgIpc) is 3.62. The summed E-state index contributed by atoms with van der Waals surface area (Å²) in [5, 5.41) is 14.3. The topological polar surface area (TPSA) is 78.9 Å². The van der Waals surface area contributed by atoms with Crippen LogP contribution in [0.25, 0.3) is 11.1 Å². The third-order valence-electron chi connectivity index (χ3n) is 10.8. The van der Waals surface area contributed by atoms with Crippen molar-refractivity contribution in [3.05, 3.63) is 101 Å². The molecule has 1 saturated heterocycles. The summed E-state index contributed by atoms with van der Waals surface area (Å²) < 4.78 is 6.67. The molecule has 1 spiro atoms. The molecule has 1 amide bonds. The minimum atomic E-state index is -0.670. The number of carbonyl (C=O) groups excluding carboxylic acids is 2. The van der Waals surface area contributed by atoms with Gasteiger partial charge in [0.15, 0.2) is 0 Å². The van der Waals surface area contributed by atoms with Gasteiger partial charge in [-0.25, -0.2) is 0 Å². The highest BCUT2D eigenvalue weighted by molar-refractivity contribution is 5.98. The van der Waals surface area contributed by atoms with Crippen molar-refractivity contribution in [1.29, 1.82) is 0 Å². The number of rotatable bonds is 6. The second-order valence-electron chi connectivity index (χ2n) is 12.5. The number of fused-ring (bicyclic) bond motifs is 2. The van der Waals surface area contributed by atoms with E-state index < -0.39 is 6.10 Å². The van der Waals surface area contributed by atoms with Crippen LogP contribution in [0.2, 0.25) is 0 Å². The zero-order chi connectivity index (χ0) is 27.9.